The number of benzene rings is 1. The highest BCUT2D eigenvalue weighted by atomic mass is 32.2. The average molecular weight is 326 g/mol. The second-order valence-electron chi connectivity index (χ2n) is 4.76. The number of amides is 1. The summed E-state index contributed by atoms with van der Waals surface area (Å²) < 4.78 is 28.5. The van der Waals surface area contributed by atoms with Crippen LogP contribution in [0.4, 0.5) is 0 Å². The van der Waals surface area contributed by atoms with Crippen molar-refractivity contribution in [3.05, 3.63) is 29.8 Å². The Hall–Kier alpha value is -1.34. The lowest BCUT2D eigenvalue weighted by atomic mass is 10.2. The van der Waals surface area contributed by atoms with Gasteiger partial charge in [0.1, 0.15) is 0 Å². The van der Waals surface area contributed by atoms with Crippen molar-refractivity contribution in [1.29, 1.82) is 0 Å². The van der Waals surface area contributed by atoms with Crippen LogP contribution in [-0.4, -0.2) is 36.2 Å². The van der Waals surface area contributed by atoms with Crippen molar-refractivity contribution in [2.24, 2.45) is 4.40 Å². The van der Waals surface area contributed by atoms with Gasteiger partial charge in [0.05, 0.1) is 10.1 Å². The maximum absolute atomic E-state index is 12.3. The van der Waals surface area contributed by atoms with Crippen molar-refractivity contribution in [3.8, 4) is 0 Å². The van der Waals surface area contributed by atoms with Crippen LogP contribution in [-0.2, 0) is 14.8 Å². The molecule has 0 unspecified atom stereocenters. The van der Waals surface area contributed by atoms with Gasteiger partial charge in [-0.25, -0.2) is 0 Å². The van der Waals surface area contributed by atoms with Crippen LogP contribution in [0.2, 0.25) is 0 Å². The molecule has 1 heterocycles. The molecular weight excluding hydrogens is 308 g/mol. The maximum atomic E-state index is 12.3. The van der Waals surface area contributed by atoms with Gasteiger partial charge in [-0.15, -0.1) is 4.40 Å². The summed E-state index contributed by atoms with van der Waals surface area (Å²) in [5, 5.41) is 0.0341. The summed E-state index contributed by atoms with van der Waals surface area (Å²) in [6.45, 7) is 6.02. The summed E-state index contributed by atoms with van der Waals surface area (Å²) in [6.07, 6.45) is 0.656. The molecule has 1 fully saturated rings. The van der Waals surface area contributed by atoms with Gasteiger partial charge in [-0.05, 0) is 32.4 Å². The molecule has 0 aliphatic carbocycles. The maximum Gasteiger partial charge on any atom is 0.284 e. The van der Waals surface area contributed by atoms with Crippen molar-refractivity contribution in [2.75, 3.05) is 6.54 Å². The van der Waals surface area contributed by atoms with Crippen LogP contribution in [0.5, 0.6) is 0 Å². The Morgan fingerprint density at radius 3 is 2.38 bits per heavy atom. The smallest absolute Gasteiger partial charge is 0.284 e. The van der Waals surface area contributed by atoms with Crippen LogP contribution in [0, 0.1) is 6.92 Å². The molecule has 7 heteroatoms. The zero-order chi connectivity index (χ0) is 15.6. The van der Waals surface area contributed by atoms with E-state index >= 15 is 0 Å². The number of carbonyl (C=O) groups is 1. The molecule has 1 aliphatic heterocycles. The fraction of sp³-hybridized carbons (Fsp3) is 0.429. The summed E-state index contributed by atoms with van der Waals surface area (Å²) in [7, 11) is -3.79. The lowest BCUT2D eigenvalue weighted by molar-refractivity contribution is -0.126. The summed E-state index contributed by atoms with van der Waals surface area (Å²) in [5.74, 6) is -0.0668. The van der Waals surface area contributed by atoms with Crippen LogP contribution in [0.15, 0.2) is 33.6 Å². The van der Waals surface area contributed by atoms with Crippen molar-refractivity contribution in [1.82, 2.24) is 4.90 Å². The van der Waals surface area contributed by atoms with Gasteiger partial charge in [-0.3, -0.25) is 9.69 Å². The first-order valence-electron chi connectivity index (χ1n) is 6.78. The first-order chi connectivity index (χ1) is 9.89. The Morgan fingerprint density at radius 2 is 1.86 bits per heavy atom. The molecule has 1 aliphatic rings. The first kappa shape index (κ1) is 16.0. The molecule has 0 N–H and O–H groups in total. The Morgan fingerprint density at radius 1 is 1.24 bits per heavy atom. The molecular formula is C14H18N2O3S2. The number of thioether (sulfide) groups is 1. The standard InChI is InChI=1S/C14H18N2O3S2/c1-4-12-13(17)16(5-2)14(20-12)15-21(18,19)11-8-6-10(3)7-9-11/h6-9,12H,4-5H2,1-3H3/t12-/m0/s1. The number of hydrogen-bond donors (Lipinski definition) is 0. The molecule has 114 valence electrons. The molecule has 1 atom stereocenters. The minimum Gasteiger partial charge on any atom is -0.290 e. The van der Waals surface area contributed by atoms with Gasteiger partial charge in [0, 0.05) is 6.54 Å². The van der Waals surface area contributed by atoms with Gasteiger partial charge < -0.3 is 0 Å². The molecule has 1 aromatic rings. The Kier molecular flexibility index (Phi) is 4.73. The molecule has 0 bridgehead atoms. The van der Waals surface area contributed by atoms with Crippen molar-refractivity contribution >= 4 is 32.9 Å². The summed E-state index contributed by atoms with van der Waals surface area (Å²) in [5.41, 5.74) is 0.980. The van der Waals surface area contributed by atoms with Gasteiger partial charge in [0.2, 0.25) is 5.91 Å². The molecule has 21 heavy (non-hydrogen) atoms. The molecule has 0 radical (unpaired) electrons. The highest BCUT2D eigenvalue weighted by Gasteiger charge is 2.37. The summed E-state index contributed by atoms with van der Waals surface area (Å²) >= 11 is 1.22. The van der Waals surface area contributed by atoms with Gasteiger partial charge in [0.15, 0.2) is 5.17 Å². The monoisotopic (exact) mass is 326 g/mol. The molecule has 0 saturated carbocycles. The lowest BCUT2D eigenvalue weighted by Crippen LogP contribution is -2.32. The predicted molar refractivity (Wildman–Crippen MR) is 84.9 cm³/mol. The highest BCUT2D eigenvalue weighted by Crippen LogP contribution is 2.30. The van der Waals surface area contributed by atoms with E-state index in [1.54, 1.807) is 12.1 Å². The minimum atomic E-state index is -3.79. The van der Waals surface area contributed by atoms with Crippen LogP contribution in [0.25, 0.3) is 0 Å². The molecule has 0 spiro atoms. The fourth-order valence-corrected chi connectivity index (χ4v) is 4.35. The third-order valence-electron chi connectivity index (χ3n) is 3.22. The van der Waals surface area contributed by atoms with Crippen LogP contribution in [0.3, 0.4) is 0 Å². The van der Waals surface area contributed by atoms with E-state index in [0.717, 1.165) is 5.56 Å². The van der Waals surface area contributed by atoms with Crippen molar-refractivity contribution in [3.63, 3.8) is 0 Å². The second kappa shape index (κ2) is 6.19. The largest absolute Gasteiger partial charge is 0.290 e. The van der Waals surface area contributed by atoms with Crippen molar-refractivity contribution in [2.45, 2.75) is 37.3 Å². The second-order valence-corrected chi connectivity index (χ2v) is 7.53. The fourth-order valence-electron chi connectivity index (χ4n) is 1.99. The van der Waals surface area contributed by atoms with Crippen LogP contribution in [0.1, 0.15) is 25.8 Å². The topological polar surface area (TPSA) is 66.8 Å². The normalized spacial score (nSPS) is 21.3. The molecule has 1 amide bonds. The Labute approximate surface area is 129 Å². The highest BCUT2D eigenvalue weighted by molar-refractivity contribution is 8.16. The third-order valence-corrected chi connectivity index (χ3v) is 5.96. The van der Waals surface area contributed by atoms with Crippen LogP contribution < -0.4 is 0 Å². The average Bonchev–Trinajstić information content (AvgIpc) is 2.74. The molecule has 5 nitrogen and oxygen atoms in total. The molecule has 0 aromatic heterocycles. The Balaban J connectivity index is 2.37. The zero-order valence-electron chi connectivity index (χ0n) is 12.2. The van der Waals surface area contributed by atoms with E-state index < -0.39 is 10.0 Å². The van der Waals surface area contributed by atoms with Crippen LogP contribution >= 0.6 is 11.8 Å². The molecule has 1 saturated heterocycles. The number of aryl methyl sites for hydroxylation is 1. The summed E-state index contributed by atoms with van der Waals surface area (Å²) in [6, 6.07) is 6.52. The zero-order valence-corrected chi connectivity index (χ0v) is 13.9. The van der Waals surface area contributed by atoms with Gasteiger partial charge in [0.25, 0.3) is 10.0 Å². The van der Waals surface area contributed by atoms with E-state index in [9.17, 15) is 13.2 Å². The number of rotatable bonds is 4. The minimum absolute atomic E-state index is 0.0668. The number of carbonyl (C=O) groups excluding carboxylic acids is 1. The predicted octanol–water partition coefficient (Wildman–Crippen LogP) is 2.41. The molecule has 1 aromatic carbocycles. The number of sulfonamides is 1. The van der Waals surface area contributed by atoms with E-state index in [2.05, 4.69) is 4.40 Å². The first-order valence-corrected chi connectivity index (χ1v) is 9.10. The van der Waals surface area contributed by atoms with E-state index in [-0.39, 0.29) is 21.2 Å². The van der Waals surface area contributed by atoms with Gasteiger partial charge in [-0.1, -0.05) is 36.4 Å². The molecule has 2 rings (SSSR count). The van der Waals surface area contributed by atoms with Gasteiger partial charge in [-0.2, -0.15) is 8.42 Å². The van der Waals surface area contributed by atoms with Crippen molar-refractivity contribution < 1.29 is 13.2 Å². The van der Waals surface area contributed by atoms with E-state index in [1.807, 2.05) is 20.8 Å². The lowest BCUT2D eigenvalue weighted by Gasteiger charge is -2.12. The summed E-state index contributed by atoms with van der Waals surface area (Å²) in [4.78, 5) is 13.7. The quantitative estimate of drug-likeness (QED) is 0.852. The number of nitrogens with zero attached hydrogens (tertiary/aromatic N) is 2. The van der Waals surface area contributed by atoms with E-state index in [0.29, 0.717) is 13.0 Å². The number of amidine groups is 1. The van der Waals surface area contributed by atoms with Gasteiger partial charge >= 0.3 is 0 Å². The van der Waals surface area contributed by atoms with E-state index in [4.69, 9.17) is 0 Å². The SMILES string of the molecule is CC[C@@H]1SC(=NS(=O)(=O)c2ccc(C)cc2)N(CC)C1=O. The Bertz CT molecular complexity index is 666. The number of hydrogen-bond acceptors (Lipinski definition) is 4. The van der Waals surface area contributed by atoms with E-state index in [1.165, 1.54) is 28.8 Å². The third kappa shape index (κ3) is 3.29.